The van der Waals surface area contributed by atoms with Crippen LogP contribution in [0, 0.1) is 13.8 Å². The van der Waals surface area contributed by atoms with Gasteiger partial charge < -0.3 is 5.32 Å². The number of rotatable bonds is 6. The average Bonchev–Trinajstić information content (AvgIpc) is 2.29. The van der Waals surface area contributed by atoms with E-state index in [1.807, 2.05) is 13.8 Å². The second kappa shape index (κ2) is 7.04. The van der Waals surface area contributed by atoms with Crippen LogP contribution in [0.3, 0.4) is 0 Å². The normalized spacial score (nSPS) is 11.2. The van der Waals surface area contributed by atoms with Gasteiger partial charge in [-0.25, -0.2) is 4.79 Å². The molecular weight excluding hydrogens is 294 g/mol. The molecule has 0 aliphatic heterocycles. The summed E-state index contributed by atoms with van der Waals surface area (Å²) >= 11 is 3.47. The molecule has 0 saturated carbocycles. The highest BCUT2D eigenvalue weighted by molar-refractivity contribution is 9.10. The van der Waals surface area contributed by atoms with Crippen molar-refractivity contribution in [1.82, 2.24) is 14.9 Å². The SMILES string of the molecule is Cc1nc(=O)n(CCCCNC(C)C)c(C)c1Br. The maximum atomic E-state index is 11.8. The highest BCUT2D eigenvalue weighted by Gasteiger charge is 2.08. The van der Waals surface area contributed by atoms with Gasteiger partial charge in [-0.1, -0.05) is 13.8 Å². The van der Waals surface area contributed by atoms with E-state index in [2.05, 4.69) is 40.1 Å². The van der Waals surface area contributed by atoms with Crippen LogP contribution in [0.15, 0.2) is 9.27 Å². The molecule has 0 spiro atoms. The van der Waals surface area contributed by atoms with Crippen LogP contribution in [0.5, 0.6) is 0 Å². The summed E-state index contributed by atoms with van der Waals surface area (Å²) in [6.07, 6.45) is 2.05. The van der Waals surface area contributed by atoms with Crippen molar-refractivity contribution in [3.8, 4) is 0 Å². The van der Waals surface area contributed by atoms with Crippen molar-refractivity contribution in [1.29, 1.82) is 0 Å². The Balaban J connectivity index is 2.58. The minimum atomic E-state index is -0.148. The van der Waals surface area contributed by atoms with E-state index in [1.165, 1.54) is 0 Å². The third-order valence-electron chi connectivity index (χ3n) is 2.90. The fourth-order valence-corrected chi connectivity index (χ4v) is 2.13. The zero-order valence-electron chi connectivity index (χ0n) is 11.6. The molecule has 1 aromatic heterocycles. The van der Waals surface area contributed by atoms with Crippen LogP contribution < -0.4 is 11.0 Å². The standard InChI is InChI=1S/C13H22BrN3O/c1-9(2)15-7-5-6-8-17-11(4)12(14)10(3)16-13(17)18/h9,15H,5-8H2,1-4H3. The van der Waals surface area contributed by atoms with Crippen molar-refractivity contribution in [3.63, 3.8) is 0 Å². The quantitative estimate of drug-likeness (QED) is 0.820. The molecule has 0 aliphatic rings. The predicted molar refractivity (Wildman–Crippen MR) is 78.0 cm³/mol. The second-order valence-electron chi connectivity index (χ2n) is 4.85. The summed E-state index contributed by atoms with van der Waals surface area (Å²) in [5.74, 6) is 0. The van der Waals surface area contributed by atoms with E-state index in [0.29, 0.717) is 6.04 Å². The number of hydrogen-bond acceptors (Lipinski definition) is 3. The maximum absolute atomic E-state index is 11.8. The lowest BCUT2D eigenvalue weighted by Gasteiger charge is -2.12. The average molecular weight is 316 g/mol. The Kier molecular flexibility index (Phi) is 6.02. The summed E-state index contributed by atoms with van der Waals surface area (Å²) in [6, 6.07) is 0.518. The zero-order valence-corrected chi connectivity index (χ0v) is 13.2. The van der Waals surface area contributed by atoms with Gasteiger partial charge in [0.1, 0.15) is 0 Å². The van der Waals surface area contributed by atoms with Gasteiger partial charge >= 0.3 is 5.69 Å². The highest BCUT2D eigenvalue weighted by Crippen LogP contribution is 2.16. The maximum Gasteiger partial charge on any atom is 0.348 e. The van der Waals surface area contributed by atoms with Gasteiger partial charge in [0.25, 0.3) is 0 Å². The molecule has 0 saturated heterocycles. The lowest BCUT2D eigenvalue weighted by atomic mass is 10.2. The Labute approximate surface area is 117 Å². The van der Waals surface area contributed by atoms with Crippen LogP contribution in [0.4, 0.5) is 0 Å². The monoisotopic (exact) mass is 315 g/mol. The number of unbranched alkanes of at least 4 members (excludes halogenated alkanes) is 1. The molecule has 0 aromatic carbocycles. The molecule has 0 radical (unpaired) electrons. The van der Waals surface area contributed by atoms with Crippen LogP contribution in [0.25, 0.3) is 0 Å². The Hall–Kier alpha value is -0.680. The summed E-state index contributed by atoms with van der Waals surface area (Å²) in [5.41, 5.74) is 1.57. The Morgan fingerprint density at radius 2 is 2.00 bits per heavy atom. The van der Waals surface area contributed by atoms with Crippen molar-refractivity contribution in [2.24, 2.45) is 0 Å². The van der Waals surface area contributed by atoms with E-state index in [0.717, 1.165) is 41.8 Å². The molecule has 1 N–H and O–H groups in total. The van der Waals surface area contributed by atoms with Gasteiger partial charge in [-0.05, 0) is 49.2 Å². The summed E-state index contributed by atoms with van der Waals surface area (Å²) in [7, 11) is 0. The number of nitrogens with zero attached hydrogens (tertiary/aromatic N) is 2. The van der Waals surface area contributed by atoms with Crippen molar-refractivity contribution in [2.45, 2.75) is 53.1 Å². The van der Waals surface area contributed by atoms with Crippen molar-refractivity contribution >= 4 is 15.9 Å². The fourth-order valence-electron chi connectivity index (χ4n) is 1.83. The van der Waals surface area contributed by atoms with E-state index in [-0.39, 0.29) is 5.69 Å². The smallest absolute Gasteiger partial charge is 0.315 e. The first kappa shape index (κ1) is 15.4. The number of nitrogens with one attached hydrogen (secondary N) is 1. The number of aryl methyl sites for hydroxylation is 1. The number of hydrogen-bond donors (Lipinski definition) is 1. The van der Waals surface area contributed by atoms with Crippen LogP contribution in [0.1, 0.15) is 38.1 Å². The van der Waals surface area contributed by atoms with E-state index in [1.54, 1.807) is 4.57 Å². The second-order valence-corrected chi connectivity index (χ2v) is 5.64. The zero-order chi connectivity index (χ0) is 13.7. The highest BCUT2D eigenvalue weighted by atomic mass is 79.9. The molecule has 1 aromatic rings. The lowest BCUT2D eigenvalue weighted by Crippen LogP contribution is -2.27. The molecule has 0 bridgehead atoms. The molecule has 102 valence electrons. The van der Waals surface area contributed by atoms with Gasteiger partial charge in [0.15, 0.2) is 0 Å². The predicted octanol–water partition coefficient (Wildman–Crippen LogP) is 2.40. The fraction of sp³-hybridized carbons (Fsp3) is 0.692. The minimum Gasteiger partial charge on any atom is -0.315 e. The molecule has 4 nitrogen and oxygen atoms in total. The van der Waals surface area contributed by atoms with Crippen molar-refractivity contribution in [3.05, 3.63) is 26.3 Å². The van der Waals surface area contributed by atoms with Crippen LogP contribution >= 0.6 is 15.9 Å². The van der Waals surface area contributed by atoms with Crippen LogP contribution in [0.2, 0.25) is 0 Å². The van der Waals surface area contributed by atoms with E-state index in [4.69, 9.17) is 0 Å². The van der Waals surface area contributed by atoms with Crippen molar-refractivity contribution < 1.29 is 0 Å². The first-order chi connectivity index (χ1) is 8.43. The molecule has 1 rings (SSSR count). The van der Waals surface area contributed by atoms with Crippen LogP contribution in [-0.2, 0) is 6.54 Å². The molecule has 1 heterocycles. The number of aromatic nitrogens is 2. The van der Waals surface area contributed by atoms with Gasteiger partial charge in [0, 0.05) is 18.3 Å². The third kappa shape index (κ3) is 4.21. The summed E-state index contributed by atoms with van der Waals surface area (Å²) in [5, 5.41) is 3.37. The van der Waals surface area contributed by atoms with Gasteiger partial charge in [0.2, 0.25) is 0 Å². The topological polar surface area (TPSA) is 46.9 Å². The molecule has 18 heavy (non-hydrogen) atoms. The van der Waals surface area contributed by atoms with Crippen LogP contribution in [-0.4, -0.2) is 22.1 Å². The first-order valence-corrected chi connectivity index (χ1v) is 7.19. The molecule has 0 atom stereocenters. The van der Waals surface area contributed by atoms with Gasteiger partial charge in [-0.2, -0.15) is 4.98 Å². The Morgan fingerprint density at radius 1 is 1.33 bits per heavy atom. The lowest BCUT2D eigenvalue weighted by molar-refractivity contribution is 0.516. The molecule has 0 aliphatic carbocycles. The number of halogens is 1. The summed E-state index contributed by atoms with van der Waals surface area (Å²) < 4.78 is 2.68. The van der Waals surface area contributed by atoms with Gasteiger partial charge in [-0.3, -0.25) is 4.57 Å². The molecule has 0 amide bonds. The summed E-state index contributed by atoms with van der Waals surface area (Å²) in [6.45, 7) is 9.79. The Morgan fingerprint density at radius 3 is 2.61 bits per heavy atom. The van der Waals surface area contributed by atoms with Crippen molar-refractivity contribution in [2.75, 3.05) is 6.54 Å². The summed E-state index contributed by atoms with van der Waals surface area (Å²) in [4.78, 5) is 15.8. The minimum absolute atomic E-state index is 0.148. The molecule has 0 fully saturated rings. The van der Waals surface area contributed by atoms with E-state index in [9.17, 15) is 4.79 Å². The molecular formula is C13H22BrN3O. The van der Waals surface area contributed by atoms with E-state index >= 15 is 0 Å². The van der Waals surface area contributed by atoms with E-state index < -0.39 is 0 Å². The van der Waals surface area contributed by atoms with Gasteiger partial charge in [-0.15, -0.1) is 0 Å². The first-order valence-electron chi connectivity index (χ1n) is 6.40. The third-order valence-corrected chi connectivity index (χ3v) is 4.04. The van der Waals surface area contributed by atoms with Gasteiger partial charge in [0.05, 0.1) is 10.2 Å². The molecule has 0 unspecified atom stereocenters. The molecule has 5 heteroatoms. The largest absolute Gasteiger partial charge is 0.348 e. The Bertz CT molecular complexity index is 454.